The van der Waals surface area contributed by atoms with Crippen molar-refractivity contribution < 1.29 is 33.8 Å². The number of carbonyl (C=O) groups excluding carboxylic acids is 4. The molecule has 8 atom stereocenters. The Morgan fingerprint density at radius 1 is 1.09 bits per heavy atom. The Balaban J connectivity index is 1.51. The maximum absolute atomic E-state index is 13.7. The highest BCUT2D eigenvalue weighted by Crippen LogP contribution is 2.66. The number of carbonyl (C=O) groups is 5. The quantitative estimate of drug-likeness (QED) is 0.602. The van der Waals surface area contributed by atoms with Crippen molar-refractivity contribution in [1.82, 2.24) is 0 Å². The molecule has 7 nitrogen and oxygen atoms in total. The summed E-state index contributed by atoms with van der Waals surface area (Å²) in [7, 11) is 0. The molecule has 0 aliphatic heterocycles. The van der Waals surface area contributed by atoms with Crippen LogP contribution in [0.15, 0.2) is 0 Å². The van der Waals surface area contributed by atoms with E-state index in [2.05, 4.69) is 13.8 Å². The van der Waals surface area contributed by atoms with Gasteiger partial charge in [0.25, 0.3) is 0 Å². The topological polar surface area (TPSA) is 115 Å². The Kier molecular flexibility index (Phi) is 6.29. The fourth-order valence-electron chi connectivity index (χ4n) is 8.15. The van der Waals surface area contributed by atoms with Crippen LogP contribution >= 0.6 is 0 Å². The summed E-state index contributed by atoms with van der Waals surface area (Å²) in [4.78, 5) is 61.7. The van der Waals surface area contributed by atoms with Crippen LogP contribution in [-0.4, -0.2) is 41.0 Å². The predicted molar refractivity (Wildman–Crippen MR) is 118 cm³/mol. The Morgan fingerprint density at radius 2 is 1.82 bits per heavy atom. The van der Waals surface area contributed by atoms with Crippen LogP contribution in [0, 0.1) is 46.3 Å². The Labute approximate surface area is 195 Å². The fraction of sp³-hybridized carbons (Fsp3) is 0.808. The lowest BCUT2D eigenvalue weighted by Crippen LogP contribution is -2.60. The number of carboxylic acid groups (broad SMARTS) is 1. The summed E-state index contributed by atoms with van der Waals surface area (Å²) < 4.78 is 4.75. The van der Waals surface area contributed by atoms with E-state index in [1.54, 1.807) is 0 Å². The lowest BCUT2D eigenvalue weighted by Gasteiger charge is -2.58. The van der Waals surface area contributed by atoms with E-state index in [1.807, 2.05) is 6.92 Å². The van der Waals surface area contributed by atoms with E-state index in [9.17, 15) is 24.0 Å². The van der Waals surface area contributed by atoms with E-state index >= 15 is 0 Å². The highest BCUT2D eigenvalue weighted by molar-refractivity contribution is 5.93. The number of carboxylic acids is 1. The number of esters is 1. The first kappa shape index (κ1) is 24.1. The second-order valence-corrected chi connectivity index (χ2v) is 11.5. The standard InChI is InChI=1S/C26H36O7/c1-14(4-7-23(32)33-13-22(30)31)17-5-6-18-24-19(12-21(29)26(17,18)3)25(2)9-8-16(27)10-15(25)11-20(24)28/h14-15,17-19,24H,4-13H2,1-3H3,(H,30,31)/t14?,15?,17?,18?,19?,24?,25-,26+/m0/s1. The van der Waals surface area contributed by atoms with Crippen LogP contribution in [0.5, 0.6) is 0 Å². The van der Waals surface area contributed by atoms with Crippen LogP contribution in [0.4, 0.5) is 0 Å². The third-order valence-electron chi connectivity index (χ3n) is 10.1. The molecule has 4 rings (SSSR count). The minimum Gasteiger partial charge on any atom is -0.479 e. The highest BCUT2D eigenvalue weighted by Gasteiger charge is 2.66. The zero-order chi connectivity index (χ0) is 24.1. The first-order valence-electron chi connectivity index (χ1n) is 12.4. The smallest absolute Gasteiger partial charge is 0.341 e. The maximum Gasteiger partial charge on any atom is 0.341 e. The molecule has 6 unspecified atom stereocenters. The molecule has 0 aromatic rings. The molecule has 0 heterocycles. The number of hydrogen-bond donors (Lipinski definition) is 1. The van der Waals surface area contributed by atoms with E-state index in [4.69, 9.17) is 9.84 Å². The van der Waals surface area contributed by atoms with Crippen molar-refractivity contribution in [1.29, 1.82) is 0 Å². The van der Waals surface area contributed by atoms with Gasteiger partial charge in [0.15, 0.2) is 6.61 Å². The molecule has 4 fully saturated rings. The second kappa shape index (κ2) is 8.62. The predicted octanol–water partition coefficient (Wildman–Crippen LogP) is 3.62. The van der Waals surface area contributed by atoms with Gasteiger partial charge in [0.2, 0.25) is 0 Å². The van der Waals surface area contributed by atoms with Gasteiger partial charge in [0, 0.05) is 43.4 Å². The lowest BCUT2D eigenvalue weighted by molar-refractivity contribution is -0.166. The molecule has 0 spiro atoms. The van der Waals surface area contributed by atoms with Gasteiger partial charge in [-0.15, -0.1) is 0 Å². The molecular weight excluding hydrogens is 424 g/mol. The van der Waals surface area contributed by atoms with Gasteiger partial charge in [-0.25, -0.2) is 4.79 Å². The molecule has 182 valence electrons. The van der Waals surface area contributed by atoms with Crippen molar-refractivity contribution in [2.75, 3.05) is 6.61 Å². The number of rotatable bonds is 6. The van der Waals surface area contributed by atoms with Gasteiger partial charge < -0.3 is 9.84 Å². The normalized spacial score (nSPS) is 41.1. The Hall–Kier alpha value is -2.05. The fourth-order valence-corrected chi connectivity index (χ4v) is 8.15. The van der Waals surface area contributed by atoms with E-state index in [-0.39, 0.29) is 64.7 Å². The summed E-state index contributed by atoms with van der Waals surface area (Å²) in [6, 6.07) is 0. The molecule has 0 amide bonds. The summed E-state index contributed by atoms with van der Waals surface area (Å²) in [6.45, 7) is 5.67. The van der Waals surface area contributed by atoms with Crippen molar-refractivity contribution in [2.24, 2.45) is 46.3 Å². The van der Waals surface area contributed by atoms with E-state index in [0.29, 0.717) is 32.1 Å². The molecule has 0 radical (unpaired) electrons. The minimum absolute atomic E-state index is 0.0260. The zero-order valence-electron chi connectivity index (χ0n) is 19.9. The first-order valence-corrected chi connectivity index (χ1v) is 12.4. The molecule has 0 aromatic carbocycles. The molecule has 33 heavy (non-hydrogen) atoms. The van der Waals surface area contributed by atoms with Gasteiger partial charge in [-0.3, -0.25) is 19.2 Å². The van der Waals surface area contributed by atoms with Gasteiger partial charge >= 0.3 is 11.9 Å². The van der Waals surface area contributed by atoms with Crippen molar-refractivity contribution in [3.05, 3.63) is 0 Å². The van der Waals surface area contributed by atoms with Gasteiger partial charge in [0.1, 0.15) is 17.3 Å². The summed E-state index contributed by atoms with van der Waals surface area (Å²) >= 11 is 0. The van der Waals surface area contributed by atoms with Crippen molar-refractivity contribution in [2.45, 2.75) is 78.6 Å². The molecule has 7 heteroatoms. The molecule has 4 aliphatic rings. The number of fused-ring (bicyclic) bond motifs is 5. The van der Waals surface area contributed by atoms with Crippen molar-refractivity contribution in [3.63, 3.8) is 0 Å². The largest absolute Gasteiger partial charge is 0.479 e. The average Bonchev–Trinajstić information content (AvgIpc) is 3.11. The first-order chi connectivity index (χ1) is 15.5. The maximum atomic E-state index is 13.7. The number of aliphatic carboxylic acids is 1. The Bertz CT molecular complexity index is 878. The van der Waals surface area contributed by atoms with E-state index in [1.165, 1.54) is 0 Å². The van der Waals surface area contributed by atoms with Crippen LogP contribution in [0.25, 0.3) is 0 Å². The number of Topliss-reactive ketones (excluding diaryl/α,β-unsaturated/α-hetero) is 3. The molecule has 4 saturated carbocycles. The van der Waals surface area contributed by atoms with Crippen LogP contribution in [0.3, 0.4) is 0 Å². The average molecular weight is 461 g/mol. The van der Waals surface area contributed by atoms with Crippen LogP contribution in [-0.2, 0) is 28.7 Å². The molecule has 4 aliphatic carbocycles. The number of ketones is 3. The number of ether oxygens (including phenoxy) is 1. The molecule has 0 bridgehead atoms. The van der Waals surface area contributed by atoms with Crippen LogP contribution in [0.2, 0.25) is 0 Å². The third-order valence-corrected chi connectivity index (χ3v) is 10.1. The van der Waals surface area contributed by atoms with Crippen molar-refractivity contribution >= 4 is 29.3 Å². The Morgan fingerprint density at radius 3 is 2.52 bits per heavy atom. The van der Waals surface area contributed by atoms with Crippen molar-refractivity contribution in [3.8, 4) is 0 Å². The summed E-state index contributed by atoms with van der Waals surface area (Å²) in [5.41, 5.74) is -0.698. The summed E-state index contributed by atoms with van der Waals surface area (Å²) in [6.07, 6.45) is 5.02. The summed E-state index contributed by atoms with van der Waals surface area (Å²) in [5.74, 6) is -0.797. The molecular formula is C26H36O7. The third kappa shape index (κ3) is 3.95. The lowest BCUT2D eigenvalue weighted by atomic mass is 9.44. The summed E-state index contributed by atoms with van der Waals surface area (Å²) in [5, 5.41) is 8.67. The van der Waals surface area contributed by atoms with Crippen LogP contribution in [0.1, 0.15) is 78.6 Å². The van der Waals surface area contributed by atoms with Gasteiger partial charge in [-0.1, -0.05) is 20.8 Å². The van der Waals surface area contributed by atoms with Crippen LogP contribution < -0.4 is 0 Å². The molecule has 0 aromatic heterocycles. The zero-order valence-corrected chi connectivity index (χ0v) is 19.9. The van der Waals surface area contributed by atoms with Gasteiger partial charge in [-0.2, -0.15) is 0 Å². The highest BCUT2D eigenvalue weighted by atomic mass is 16.5. The number of hydrogen-bond acceptors (Lipinski definition) is 6. The SMILES string of the molecule is CC(CCC(=O)OCC(=O)O)C1CCC2C3C(=O)CC4CC(=O)CC[C@]4(C)C3CC(=O)[C@]12C. The van der Waals surface area contributed by atoms with E-state index < -0.39 is 24.0 Å². The van der Waals surface area contributed by atoms with Gasteiger partial charge in [0.05, 0.1) is 0 Å². The monoisotopic (exact) mass is 460 g/mol. The second-order valence-electron chi connectivity index (χ2n) is 11.5. The van der Waals surface area contributed by atoms with E-state index in [0.717, 1.165) is 19.3 Å². The molecule has 0 saturated heterocycles. The molecule has 1 N–H and O–H groups in total. The minimum atomic E-state index is -1.18. The van der Waals surface area contributed by atoms with Gasteiger partial charge in [-0.05, 0) is 60.7 Å².